The summed E-state index contributed by atoms with van der Waals surface area (Å²) in [5, 5.41) is 0. The first kappa shape index (κ1) is 12.4. The van der Waals surface area contributed by atoms with Gasteiger partial charge in [0.2, 0.25) is 0 Å². The average Bonchev–Trinajstić information content (AvgIpc) is 2.49. The van der Waals surface area contributed by atoms with E-state index in [1.54, 1.807) is 30.5 Å². The molecule has 0 unspecified atom stereocenters. The molecule has 0 bridgehead atoms. The first-order chi connectivity index (χ1) is 9.74. The van der Waals surface area contributed by atoms with Crippen LogP contribution >= 0.6 is 0 Å². The summed E-state index contributed by atoms with van der Waals surface area (Å²) in [6.07, 6.45) is 4.14. The van der Waals surface area contributed by atoms with Crippen molar-refractivity contribution < 1.29 is 8.78 Å². The molecule has 1 heterocycles. The van der Waals surface area contributed by atoms with Crippen molar-refractivity contribution in [2.45, 2.75) is 0 Å². The summed E-state index contributed by atoms with van der Waals surface area (Å²) < 4.78 is 26.0. The Morgan fingerprint density at radius 2 is 1.30 bits per heavy atom. The first-order valence-electron chi connectivity index (χ1n) is 5.99. The van der Waals surface area contributed by atoms with Gasteiger partial charge in [-0.1, -0.05) is 12.1 Å². The maximum atomic E-state index is 13.0. The Labute approximate surface area is 114 Å². The van der Waals surface area contributed by atoms with E-state index < -0.39 is 0 Å². The van der Waals surface area contributed by atoms with E-state index in [9.17, 15) is 8.78 Å². The smallest absolute Gasteiger partial charge is 0.198 e. The van der Waals surface area contributed by atoms with Gasteiger partial charge in [-0.3, -0.25) is 0 Å². The highest BCUT2D eigenvalue weighted by Crippen LogP contribution is 2.29. The predicted molar refractivity (Wildman–Crippen MR) is 71.7 cm³/mol. The maximum absolute atomic E-state index is 13.0. The van der Waals surface area contributed by atoms with Crippen molar-refractivity contribution in [1.82, 2.24) is 9.97 Å². The number of hydrogen-bond acceptors (Lipinski definition) is 2. The molecule has 0 N–H and O–H groups in total. The largest absolute Gasteiger partial charge is 0.233 e. The molecule has 0 saturated carbocycles. The zero-order valence-electron chi connectivity index (χ0n) is 10.3. The predicted octanol–water partition coefficient (Wildman–Crippen LogP) is 3.89. The van der Waals surface area contributed by atoms with Gasteiger partial charge in [0, 0.05) is 17.3 Å². The summed E-state index contributed by atoms with van der Waals surface area (Å²) in [4.78, 5) is 8.01. The highest BCUT2D eigenvalue weighted by atomic mass is 19.1. The second-order valence-electron chi connectivity index (χ2n) is 4.25. The minimum absolute atomic E-state index is 0.305. The van der Waals surface area contributed by atoms with Gasteiger partial charge in [0.05, 0.1) is 5.69 Å². The van der Waals surface area contributed by atoms with E-state index >= 15 is 0 Å². The fourth-order valence-corrected chi connectivity index (χ4v) is 1.96. The van der Waals surface area contributed by atoms with Crippen molar-refractivity contribution in [3.63, 3.8) is 0 Å². The molecule has 0 atom stereocenters. The van der Waals surface area contributed by atoms with Crippen LogP contribution in [0.5, 0.6) is 0 Å². The Balaban J connectivity index is 2.13. The van der Waals surface area contributed by atoms with Crippen LogP contribution in [-0.4, -0.2) is 9.97 Å². The number of halogens is 2. The Kier molecular flexibility index (Phi) is 3.21. The summed E-state index contributed by atoms with van der Waals surface area (Å²) in [7, 11) is 0. The molecule has 0 aliphatic carbocycles. The molecule has 3 rings (SSSR count). The third-order valence-electron chi connectivity index (χ3n) is 2.94. The lowest BCUT2D eigenvalue weighted by Crippen LogP contribution is -1.91. The van der Waals surface area contributed by atoms with Gasteiger partial charge in [-0.15, -0.1) is 0 Å². The van der Waals surface area contributed by atoms with Crippen molar-refractivity contribution in [3.8, 4) is 22.4 Å². The molecule has 0 fully saturated rings. The van der Waals surface area contributed by atoms with Gasteiger partial charge in [0.25, 0.3) is 0 Å². The lowest BCUT2D eigenvalue weighted by atomic mass is 10.0. The molecule has 0 saturated heterocycles. The molecule has 20 heavy (non-hydrogen) atoms. The van der Waals surface area contributed by atoms with E-state index in [0.29, 0.717) is 5.69 Å². The first-order valence-corrected chi connectivity index (χ1v) is 5.99. The molecular weight excluding hydrogens is 258 g/mol. The number of hydrogen-bond donors (Lipinski definition) is 0. The van der Waals surface area contributed by atoms with Crippen molar-refractivity contribution in [2.24, 2.45) is 0 Å². The Morgan fingerprint density at radius 1 is 0.750 bits per heavy atom. The van der Waals surface area contributed by atoms with Crippen LogP contribution in [0.3, 0.4) is 0 Å². The van der Waals surface area contributed by atoms with Crippen LogP contribution in [-0.2, 0) is 0 Å². The summed E-state index contributed by atoms with van der Waals surface area (Å²) >= 11 is 0. The molecule has 0 amide bonds. The highest BCUT2D eigenvalue weighted by Gasteiger charge is 2.09. The molecule has 1 radical (unpaired) electrons. The van der Waals surface area contributed by atoms with Crippen LogP contribution in [0, 0.1) is 18.0 Å². The number of aromatic nitrogens is 2. The van der Waals surface area contributed by atoms with Crippen molar-refractivity contribution in [3.05, 3.63) is 72.7 Å². The lowest BCUT2D eigenvalue weighted by Gasteiger charge is -2.08. The van der Waals surface area contributed by atoms with Crippen LogP contribution in [0.25, 0.3) is 22.4 Å². The Bertz CT molecular complexity index is 658. The van der Waals surface area contributed by atoms with Crippen molar-refractivity contribution in [1.29, 1.82) is 0 Å². The fourth-order valence-electron chi connectivity index (χ4n) is 1.96. The molecular formula is C16H9F2N2. The standard InChI is InChI=1S/C16H9F2N2/c17-13-5-1-11(2-6-13)15-9-19-10-20-16(15)12-3-7-14(18)8-4-12/h1-9H. The molecule has 0 aliphatic heterocycles. The third kappa shape index (κ3) is 2.40. The summed E-state index contributed by atoms with van der Waals surface area (Å²) in [6, 6.07) is 12.1. The zero-order valence-corrected chi connectivity index (χ0v) is 10.3. The zero-order chi connectivity index (χ0) is 13.9. The minimum atomic E-state index is -0.310. The van der Waals surface area contributed by atoms with Gasteiger partial charge in [-0.2, -0.15) is 0 Å². The number of rotatable bonds is 2. The maximum Gasteiger partial charge on any atom is 0.198 e. The normalized spacial score (nSPS) is 10.5. The molecule has 4 heteroatoms. The van der Waals surface area contributed by atoms with Crippen LogP contribution in [0.1, 0.15) is 0 Å². The van der Waals surface area contributed by atoms with Crippen LogP contribution in [0.4, 0.5) is 8.78 Å². The van der Waals surface area contributed by atoms with E-state index in [0.717, 1.165) is 16.7 Å². The van der Waals surface area contributed by atoms with Gasteiger partial charge in [0.1, 0.15) is 11.6 Å². The Hall–Kier alpha value is -2.62. The van der Waals surface area contributed by atoms with Crippen LogP contribution < -0.4 is 0 Å². The molecule has 3 aromatic rings. The second kappa shape index (κ2) is 5.17. The van der Waals surface area contributed by atoms with E-state index in [4.69, 9.17) is 0 Å². The molecule has 97 valence electrons. The van der Waals surface area contributed by atoms with Crippen molar-refractivity contribution in [2.75, 3.05) is 0 Å². The molecule has 0 spiro atoms. The molecule has 2 aromatic carbocycles. The minimum Gasteiger partial charge on any atom is -0.233 e. The lowest BCUT2D eigenvalue weighted by molar-refractivity contribution is 0.627. The van der Waals surface area contributed by atoms with Crippen LogP contribution in [0.15, 0.2) is 54.7 Å². The van der Waals surface area contributed by atoms with E-state index in [2.05, 4.69) is 16.3 Å². The number of nitrogens with zero attached hydrogens (tertiary/aromatic N) is 2. The monoisotopic (exact) mass is 267 g/mol. The molecule has 0 aliphatic rings. The quantitative estimate of drug-likeness (QED) is 0.704. The van der Waals surface area contributed by atoms with Gasteiger partial charge in [-0.05, 0) is 42.0 Å². The Morgan fingerprint density at radius 3 is 1.90 bits per heavy atom. The molecule has 2 nitrogen and oxygen atoms in total. The fraction of sp³-hybridized carbons (Fsp3) is 0. The van der Waals surface area contributed by atoms with E-state index in [1.807, 2.05) is 0 Å². The van der Waals surface area contributed by atoms with Gasteiger partial charge in [0.15, 0.2) is 6.33 Å². The summed E-state index contributed by atoms with van der Waals surface area (Å²) in [5.41, 5.74) is 2.92. The molecule has 1 aromatic heterocycles. The van der Waals surface area contributed by atoms with E-state index in [1.165, 1.54) is 24.3 Å². The van der Waals surface area contributed by atoms with Gasteiger partial charge < -0.3 is 0 Å². The number of benzene rings is 2. The summed E-state index contributed by atoms with van der Waals surface area (Å²) in [5.74, 6) is -0.615. The van der Waals surface area contributed by atoms with Crippen LogP contribution in [0.2, 0.25) is 0 Å². The summed E-state index contributed by atoms with van der Waals surface area (Å²) in [6.45, 7) is 0. The van der Waals surface area contributed by atoms with Gasteiger partial charge >= 0.3 is 0 Å². The SMILES string of the molecule is Fc1ccc(-c2cn[c]nc2-c2ccc(F)cc2)cc1. The average molecular weight is 267 g/mol. The highest BCUT2D eigenvalue weighted by molar-refractivity contribution is 5.79. The van der Waals surface area contributed by atoms with Crippen molar-refractivity contribution >= 4 is 0 Å². The second-order valence-corrected chi connectivity index (χ2v) is 4.25. The van der Waals surface area contributed by atoms with E-state index in [-0.39, 0.29) is 11.6 Å². The third-order valence-corrected chi connectivity index (χ3v) is 2.94. The topological polar surface area (TPSA) is 25.8 Å². The van der Waals surface area contributed by atoms with Gasteiger partial charge in [-0.25, -0.2) is 18.7 Å².